The summed E-state index contributed by atoms with van der Waals surface area (Å²) in [7, 11) is 1.70. The van der Waals surface area contributed by atoms with Gasteiger partial charge in [-0.1, -0.05) is 42.5 Å². The van der Waals surface area contributed by atoms with Gasteiger partial charge in [-0.15, -0.1) is 0 Å². The van der Waals surface area contributed by atoms with Gasteiger partial charge in [0.2, 0.25) is 0 Å². The van der Waals surface area contributed by atoms with Gasteiger partial charge in [-0.05, 0) is 82.4 Å². The van der Waals surface area contributed by atoms with Gasteiger partial charge in [-0.2, -0.15) is 0 Å². The molecule has 0 radical (unpaired) electrons. The Hall–Kier alpha value is -2.11. The van der Waals surface area contributed by atoms with Crippen molar-refractivity contribution in [1.29, 1.82) is 0 Å². The lowest BCUT2D eigenvalue weighted by Gasteiger charge is -2.47. The fourth-order valence-electron chi connectivity index (χ4n) is 4.80. The van der Waals surface area contributed by atoms with E-state index in [0.717, 1.165) is 43.2 Å². The predicted molar refractivity (Wildman–Crippen MR) is 134 cm³/mol. The Morgan fingerprint density at radius 2 is 1.61 bits per heavy atom. The van der Waals surface area contributed by atoms with Crippen molar-refractivity contribution in [3.63, 3.8) is 0 Å². The molecular weight excluding hydrogens is 402 g/mol. The topological polar surface area (TPSA) is 36.5 Å². The maximum Gasteiger partial charge on any atom is 0.169 e. The third kappa shape index (κ3) is 7.22. The first kappa shape index (κ1) is 23.6. The zero-order chi connectivity index (χ0) is 22.5. The molecule has 2 aromatic carbocycles. The highest BCUT2D eigenvalue weighted by Gasteiger charge is 2.38. The smallest absolute Gasteiger partial charge is 0.169 e. The Morgan fingerprint density at radius 1 is 1.00 bits per heavy atom. The highest BCUT2D eigenvalue weighted by molar-refractivity contribution is 7.80. The number of hydrogen-bond acceptors (Lipinski definition) is 3. The first-order chi connectivity index (χ1) is 14.7. The number of rotatable bonds is 7. The number of ether oxygens (including phenoxy) is 1. The molecule has 4 nitrogen and oxygen atoms in total. The Morgan fingerprint density at radius 3 is 2.19 bits per heavy atom. The molecule has 31 heavy (non-hydrogen) atoms. The van der Waals surface area contributed by atoms with Crippen LogP contribution in [0.5, 0.6) is 5.75 Å². The van der Waals surface area contributed by atoms with E-state index < -0.39 is 0 Å². The van der Waals surface area contributed by atoms with Crippen LogP contribution in [-0.4, -0.2) is 40.8 Å². The Bertz CT molecular complexity index is 833. The van der Waals surface area contributed by atoms with Crippen LogP contribution in [-0.2, 0) is 13.0 Å². The van der Waals surface area contributed by atoms with Crippen molar-refractivity contribution in [1.82, 2.24) is 15.5 Å². The molecule has 0 bridgehead atoms. The molecule has 0 saturated carbocycles. The second kappa shape index (κ2) is 10.0. The Kier molecular flexibility index (Phi) is 7.60. The predicted octanol–water partition coefficient (Wildman–Crippen LogP) is 4.92. The van der Waals surface area contributed by atoms with Gasteiger partial charge in [0.25, 0.3) is 0 Å². The van der Waals surface area contributed by atoms with Crippen molar-refractivity contribution in [2.75, 3.05) is 13.7 Å². The van der Waals surface area contributed by atoms with E-state index in [-0.39, 0.29) is 11.1 Å². The van der Waals surface area contributed by atoms with Crippen LogP contribution in [0.2, 0.25) is 0 Å². The molecule has 5 heteroatoms. The van der Waals surface area contributed by atoms with Gasteiger partial charge >= 0.3 is 0 Å². The number of piperidine rings is 1. The molecule has 0 spiro atoms. The van der Waals surface area contributed by atoms with E-state index >= 15 is 0 Å². The van der Waals surface area contributed by atoms with Gasteiger partial charge in [0.05, 0.1) is 7.11 Å². The first-order valence-electron chi connectivity index (χ1n) is 11.2. The van der Waals surface area contributed by atoms with Crippen LogP contribution < -0.4 is 15.4 Å². The highest BCUT2D eigenvalue weighted by Crippen LogP contribution is 2.28. The van der Waals surface area contributed by atoms with E-state index in [1.807, 2.05) is 12.1 Å². The lowest BCUT2D eigenvalue weighted by Crippen LogP contribution is -2.62. The summed E-state index contributed by atoms with van der Waals surface area (Å²) in [6.07, 6.45) is 3.05. The summed E-state index contributed by atoms with van der Waals surface area (Å²) in [6, 6.07) is 19.2. The van der Waals surface area contributed by atoms with Crippen LogP contribution >= 0.6 is 12.2 Å². The fourth-order valence-corrected chi connectivity index (χ4v) is 5.13. The van der Waals surface area contributed by atoms with Crippen LogP contribution in [0.1, 0.15) is 51.7 Å². The summed E-state index contributed by atoms with van der Waals surface area (Å²) >= 11 is 5.94. The number of nitrogens with zero attached hydrogens (tertiary/aromatic N) is 1. The monoisotopic (exact) mass is 439 g/mol. The molecule has 3 rings (SSSR count). The molecule has 2 N–H and O–H groups in total. The molecule has 1 saturated heterocycles. The van der Waals surface area contributed by atoms with E-state index in [1.54, 1.807) is 7.11 Å². The molecule has 0 unspecified atom stereocenters. The Balaban J connectivity index is 1.71. The molecule has 0 aromatic heterocycles. The number of thiocarbonyl (C=S) groups is 1. The zero-order valence-electron chi connectivity index (χ0n) is 19.6. The summed E-state index contributed by atoms with van der Waals surface area (Å²) in [5, 5.41) is 8.29. The van der Waals surface area contributed by atoms with Gasteiger partial charge in [-0.25, -0.2) is 0 Å². The molecule has 2 aromatic rings. The number of hydrogen-bond donors (Lipinski definition) is 2. The van der Waals surface area contributed by atoms with Crippen LogP contribution in [0.4, 0.5) is 0 Å². The molecule has 1 aliphatic heterocycles. The Labute approximate surface area is 193 Å². The summed E-state index contributed by atoms with van der Waals surface area (Å²) in [6.45, 7) is 10.7. The van der Waals surface area contributed by atoms with Gasteiger partial charge in [0.15, 0.2) is 5.11 Å². The fraction of sp³-hybridized carbons (Fsp3) is 0.500. The second-order valence-corrected chi connectivity index (χ2v) is 10.3. The molecular formula is C26H37N3OS. The first-order valence-corrected chi connectivity index (χ1v) is 11.6. The molecule has 1 aliphatic rings. The summed E-state index contributed by atoms with van der Waals surface area (Å²) in [5.41, 5.74) is 2.72. The van der Waals surface area contributed by atoms with Crippen molar-refractivity contribution in [3.05, 3.63) is 65.7 Å². The van der Waals surface area contributed by atoms with Gasteiger partial charge in [-0.3, -0.25) is 0 Å². The van der Waals surface area contributed by atoms with Crippen molar-refractivity contribution in [3.8, 4) is 5.75 Å². The second-order valence-electron chi connectivity index (χ2n) is 9.95. The average Bonchev–Trinajstić information content (AvgIpc) is 2.70. The molecule has 1 fully saturated rings. The lowest BCUT2D eigenvalue weighted by molar-refractivity contribution is 0.153. The quantitative estimate of drug-likeness (QED) is 0.599. The number of methoxy groups -OCH3 is 1. The number of benzene rings is 2. The van der Waals surface area contributed by atoms with Gasteiger partial charge < -0.3 is 20.3 Å². The van der Waals surface area contributed by atoms with Crippen molar-refractivity contribution >= 4 is 17.3 Å². The molecule has 0 aliphatic carbocycles. The molecule has 168 valence electrons. The van der Waals surface area contributed by atoms with Crippen molar-refractivity contribution < 1.29 is 4.74 Å². The molecule has 0 atom stereocenters. The van der Waals surface area contributed by atoms with Crippen LogP contribution in [0.25, 0.3) is 0 Å². The average molecular weight is 440 g/mol. The maximum absolute atomic E-state index is 5.94. The normalized spacial score (nSPS) is 17.7. The largest absolute Gasteiger partial charge is 0.497 e. The lowest BCUT2D eigenvalue weighted by atomic mass is 9.80. The van der Waals surface area contributed by atoms with Crippen molar-refractivity contribution in [2.45, 2.75) is 70.6 Å². The van der Waals surface area contributed by atoms with Gasteiger partial charge in [0.1, 0.15) is 5.75 Å². The van der Waals surface area contributed by atoms with E-state index in [1.165, 1.54) is 11.1 Å². The van der Waals surface area contributed by atoms with Crippen LogP contribution in [0.3, 0.4) is 0 Å². The van der Waals surface area contributed by atoms with E-state index in [2.05, 4.69) is 85.7 Å². The summed E-state index contributed by atoms with van der Waals surface area (Å²) < 4.78 is 5.31. The molecule has 1 heterocycles. The minimum Gasteiger partial charge on any atom is -0.497 e. The third-order valence-corrected chi connectivity index (χ3v) is 6.23. The summed E-state index contributed by atoms with van der Waals surface area (Å²) in [4.78, 5) is 2.30. The van der Waals surface area contributed by atoms with E-state index in [0.29, 0.717) is 6.04 Å². The standard InChI is InChI=1S/C26H37N3OS/c1-25(2)17-22(18-26(3,4)28-25)27-24(31)29(16-15-20-9-7-6-8-10-20)19-21-11-13-23(30-5)14-12-21/h6-14,22,28H,15-19H2,1-5H3,(H,27,31). The minimum absolute atomic E-state index is 0.0832. The van der Waals surface area contributed by atoms with E-state index in [4.69, 9.17) is 17.0 Å². The van der Waals surface area contributed by atoms with E-state index in [9.17, 15) is 0 Å². The van der Waals surface area contributed by atoms with Crippen LogP contribution in [0, 0.1) is 0 Å². The van der Waals surface area contributed by atoms with Gasteiger partial charge in [0, 0.05) is 30.2 Å². The van der Waals surface area contributed by atoms with Crippen LogP contribution in [0.15, 0.2) is 54.6 Å². The summed E-state index contributed by atoms with van der Waals surface area (Å²) in [5.74, 6) is 0.874. The van der Waals surface area contributed by atoms with Crippen molar-refractivity contribution in [2.24, 2.45) is 0 Å². The molecule has 0 amide bonds. The highest BCUT2D eigenvalue weighted by atomic mass is 32.1. The minimum atomic E-state index is 0.0832. The zero-order valence-corrected chi connectivity index (χ0v) is 20.4. The number of nitrogens with one attached hydrogen (secondary N) is 2. The SMILES string of the molecule is COc1ccc(CN(CCc2ccccc2)C(=S)NC2CC(C)(C)NC(C)(C)C2)cc1. The third-order valence-electron chi connectivity index (χ3n) is 5.85. The maximum atomic E-state index is 5.94.